The van der Waals surface area contributed by atoms with Crippen molar-refractivity contribution in [3.63, 3.8) is 0 Å². The molecular formula is C18H23N3O2. The zero-order chi connectivity index (χ0) is 16.7. The molecule has 0 aliphatic rings. The van der Waals surface area contributed by atoms with Gasteiger partial charge in [-0.1, -0.05) is 31.9 Å². The van der Waals surface area contributed by atoms with Crippen LogP contribution >= 0.6 is 0 Å². The van der Waals surface area contributed by atoms with Gasteiger partial charge in [0.05, 0.1) is 0 Å². The molecule has 1 atom stereocenters. The van der Waals surface area contributed by atoms with E-state index in [1.54, 1.807) is 42.7 Å². The number of carbonyl (C=O) groups excluding carboxylic acids is 2. The van der Waals surface area contributed by atoms with Crippen molar-refractivity contribution in [1.29, 1.82) is 0 Å². The molecule has 122 valence electrons. The summed E-state index contributed by atoms with van der Waals surface area (Å²) in [5.41, 5.74) is 7.39. The molecule has 0 saturated heterocycles. The van der Waals surface area contributed by atoms with Gasteiger partial charge >= 0.3 is 0 Å². The normalized spacial score (nSPS) is 11.9. The first kappa shape index (κ1) is 17.0. The van der Waals surface area contributed by atoms with Crippen LogP contribution in [0, 0.1) is 0 Å². The summed E-state index contributed by atoms with van der Waals surface area (Å²) >= 11 is 0. The molecule has 23 heavy (non-hydrogen) atoms. The Labute approximate surface area is 136 Å². The van der Waals surface area contributed by atoms with Crippen molar-refractivity contribution >= 4 is 11.7 Å². The number of rotatable bonds is 8. The number of carbonyl (C=O) groups is 2. The van der Waals surface area contributed by atoms with Gasteiger partial charge in [0.15, 0.2) is 5.78 Å². The van der Waals surface area contributed by atoms with E-state index < -0.39 is 0 Å². The molecule has 0 bridgehead atoms. The second-order valence-corrected chi connectivity index (χ2v) is 5.55. The summed E-state index contributed by atoms with van der Waals surface area (Å²) in [5, 5.41) is 2.94. The van der Waals surface area contributed by atoms with E-state index in [2.05, 4.69) is 17.2 Å². The number of hydrogen-bond acceptors (Lipinski definition) is 3. The molecule has 2 aromatic rings. The van der Waals surface area contributed by atoms with E-state index in [0.29, 0.717) is 23.2 Å². The van der Waals surface area contributed by atoms with Gasteiger partial charge in [-0.05, 0) is 24.6 Å². The molecule has 2 rings (SSSR count). The van der Waals surface area contributed by atoms with Crippen LogP contribution in [0.5, 0.6) is 0 Å². The van der Waals surface area contributed by atoms with Crippen molar-refractivity contribution in [1.82, 2.24) is 10.3 Å². The molecule has 0 spiro atoms. The average molecular weight is 313 g/mol. The molecule has 1 heterocycles. The lowest BCUT2D eigenvalue weighted by molar-refractivity contribution is 0.0934. The van der Waals surface area contributed by atoms with E-state index in [1.165, 1.54) is 0 Å². The van der Waals surface area contributed by atoms with Gasteiger partial charge in [0.1, 0.15) is 0 Å². The van der Waals surface area contributed by atoms with Gasteiger partial charge in [-0.3, -0.25) is 9.59 Å². The minimum Gasteiger partial charge on any atom is -0.367 e. The number of ketones is 1. The van der Waals surface area contributed by atoms with Gasteiger partial charge in [-0.25, -0.2) is 0 Å². The summed E-state index contributed by atoms with van der Waals surface area (Å²) in [5.74, 6) is -0.224. The van der Waals surface area contributed by atoms with Gasteiger partial charge in [0.2, 0.25) is 0 Å². The first-order chi connectivity index (χ1) is 11.2. The standard InChI is InChI=1S/C18H23N3O2/c1-2-3-4-16(11-19)21-18(23)14-7-5-13(6-8-14)17(22)15-9-10-20-12-15/h5-10,12,16,20H,2-4,11,19H2,1H3,(H,21,23). The number of nitrogens with one attached hydrogen (secondary N) is 2. The summed E-state index contributed by atoms with van der Waals surface area (Å²) in [6, 6.07) is 8.40. The third kappa shape index (κ3) is 4.53. The SMILES string of the molecule is CCCCC(CN)NC(=O)c1ccc(C(=O)c2cc[nH]c2)cc1. The number of aromatic nitrogens is 1. The van der Waals surface area contributed by atoms with Crippen LogP contribution in [0.4, 0.5) is 0 Å². The maximum atomic E-state index is 12.2. The smallest absolute Gasteiger partial charge is 0.251 e. The number of aromatic amines is 1. The molecule has 0 radical (unpaired) electrons. The number of amides is 1. The Morgan fingerprint density at radius 3 is 2.39 bits per heavy atom. The zero-order valence-electron chi connectivity index (χ0n) is 13.3. The maximum absolute atomic E-state index is 12.2. The van der Waals surface area contributed by atoms with Crippen LogP contribution in [0.2, 0.25) is 0 Å². The summed E-state index contributed by atoms with van der Waals surface area (Å²) in [6.45, 7) is 2.53. The summed E-state index contributed by atoms with van der Waals surface area (Å²) in [6.07, 6.45) is 6.35. The predicted octanol–water partition coefficient (Wildman–Crippen LogP) is 2.49. The Kier molecular flexibility index (Phi) is 6.11. The fraction of sp³-hybridized carbons (Fsp3) is 0.333. The molecule has 1 aromatic heterocycles. The lowest BCUT2D eigenvalue weighted by atomic mass is 10.0. The molecule has 1 amide bonds. The first-order valence-electron chi connectivity index (χ1n) is 7.94. The van der Waals surface area contributed by atoms with Crippen LogP contribution in [0.1, 0.15) is 52.5 Å². The van der Waals surface area contributed by atoms with E-state index in [0.717, 1.165) is 19.3 Å². The Bertz CT molecular complexity index is 633. The quantitative estimate of drug-likeness (QED) is 0.654. The predicted molar refractivity (Wildman–Crippen MR) is 90.5 cm³/mol. The van der Waals surface area contributed by atoms with E-state index in [4.69, 9.17) is 5.73 Å². The van der Waals surface area contributed by atoms with Crippen LogP contribution in [0.3, 0.4) is 0 Å². The molecule has 0 saturated carbocycles. The summed E-state index contributed by atoms with van der Waals surface area (Å²) in [4.78, 5) is 27.3. The topological polar surface area (TPSA) is 88.0 Å². The van der Waals surface area contributed by atoms with Crippen molar-refractivity contribution in [3.8, 4) is 0 Å². The van der Waals surface area contributed by atoms with Gasteiger partial charge in [-0.2, -0.15) is 0 Å². The molecule has 5 nitrogen and oxygen atoms in total. The van der Waals surface area contributed by atoms with Crippen molar-refractivity contribution in [2.24, 2.45) is 5.73 Å². The van der Waals surface area contributed by atoms with Crippen molar-refractivity contribution in [3.05, 3.63) is 59.4 Å². The number of nitrogens with two attached hydrogens (primary N) is 1. The largest absolute Gasteiger partial charge is 0.367 e. The van der Waals surface area contributed by atoms with Crippen LogP contribution in [-0.2, 0) is 0 Å². The third-order valence-corrected chi connectivity index (χ3v) is 3.80. The molecular weight excluding hydrogens is 290 g/mol. The highest BCUT2D eigenvalue weighted by molar-refractivity contribution is 6.09. The lowest BCUT2D eigenvalue weighted by Crippen LogP contribution is -2.40. The van der Waals surface area contributed by atoms with Crippen LogP contribution in [0.15, 0.2) is 42.7 Å². The number of benzene rings is 1. The molecule has 1 unspecified atom stereocenters. The van der Waals surface area contributed by atoms with Crippen molar-refractivity contribution < 1.29 is 9.59 Å². The van der Waals surface area contributed by atoms with Gasteiger partial charge in [-0.15, -0.1) is 0 Å². The van der Waals surface area contributed by atoms with Crippen LogP contribution in [-0.4, -0.2) is 29.3 Å². The second kappa shape index (κ2) is 8.29. The number of unbranched alkanes of at least 4 members (excludes halogenated alkanes) is 1. The fourth-order valence-corrected chi connectivity index (χ4v) is 2.37. The van der Waals surface area contributed by atoms with E-state index in [9.17, 15) is 9.59 Å². The van der Waals surface area contributed by atoms with Gasteiger partial charge in [0.25, 0.3) is 5.91 Å². The third-order valence-electron chi connectivity index (χ3n) is 3.80. The Morgan fingerprint density at radius 1 is 1.13 bits per heavy atom. The number of hydrogen-bond donors (Lipinski definition) is 3. The van der Waals surface area contributed by atoms with Crippen molar-refractivity contribution in [2.45, 2.75) is 32.2 Å². The van der Waals surface area contributed by atoms with E-state index in [1.807, 2.05) is 0 Å². The minimum absolute atomic E-state index is 0.0105. The Hall–Kier alpha value is -2.40. The minimum atomic E-state index is -0.155. The Balaban J connectivity index is 2.01. The monoisotopic (exact) mass is 313 g/mol. The zero-order valence-corrected chi connectivity index (χ0v) is 13.3. The van der Waals surface area contributed by atoms with Crippen LogP contribution in [0.25, 0.3) is 0 Å². The lowest BCUT2D eigenvalue weighted by Gasteiger charge is -2.16. The molecule has 0 aliphatic heterocycles. The molecule has 4 N–H and O–H groups in total. The van der Waals surface area contributed by atoms with E-state index in [-0.39, 0.29) is 17.7 Å². The molecule has 1 aromatic carbocycles. The number of H-pyrrole nitrogens is 1. The average Bonchev–Trinajstić information content (AvgIpc) is 3.12. The fourth-order valence-electron chi connectivity index (χ4n) is 2.37. The molecule has 0 aliphatic carbocycles. The van der Waals surface area contributed by atoms with E-state index >= 15 is 0 Å². The summed E-state index contributed by atoms with van der Waals surface area (Å²) in [7, 11) is 0. The molecule has 5 heteroatoms. The highest BCUT2D eigenvalue weighted by Crippen LogP contribution is 2.11. The Morgan fingerprint density at radius 2 is 1.83 bits per heavy atom. The van der Waals surface area contributed by atoms with Crippen LogP contribution < -0.4 is 11.1 Å². The second-order valence-electron chi connectivity index (χ2n) is 5.55. The van der Waals surface area contributed by atoms with Gasteiger partial charge in [0, 0.05) is 41.7 Å². The summed E-state index contributed by atoms with van der Waals surface area (Å²) < 4.78 is 0. The maximum Gasteiger partial charge on any atom is 0.251 e. The highest BCUT2D eigenvalue weighted by atomic mass is 16.1. The first-order valence-corrected chi connectivity index (χ1v) is 7.94. The van der Waals surface area contributed by atoms with Crippen molar-refractivity contribution in [2.75, 3.05) is 6.54 Å². The molecule has 0 fully saturated rings. The van der Waals surface area contributed by atoms with Gasteiger partial charge < -0.3 is 16.0 Å². The highest BCUT2D eigenvalue weighted by Gasteiger charge is 2.14.